The van der Waals surface area contributed by atoms with Crippen molar-refractivity contribution in [1.82, 2.24) is 10.3 Å². The second-order valence-electron chi connectivity index (χ2n) is 7.07. The first kappa shape index (κ1) is 20.0. The standard InChI is InChI=1S/C25H20N4O2/c26-14-18-13-17(15-29-24(18)27)7-5-6-12-28-25(30)31-16-23-21-10-3-1-8-19(21)20-9-2-4-11-22(20)23/h1-4,8-11,13,15,23H,6,12,16H2,(H2,27,29)(H,28,30). The summed E-state index contributed by atoms with van der Waals surface area (Å²) in [5.74, 6) is 6.07. The van der Waals surface area contributed by atoms with Crippen molar-refractivity contribution in [3.8, 4) is 29.0 Å². The first-order valence-corrected chi connectivity index (χ1v) is 9.90. The Morgan fingerprint density at radius 1 is 1.13 bits per heavy atom. The maximum atomic E-state index is 12.1. The van der Waals surface area contributed by atoms with Crippen LogP contribution in [0.5, 0.6) is 0 Å². The molecule has 0 bridgehead atoms. The fourth-order valence-corrected chi connectivity index (χ4v) is 3.67. The van der Waals surface area contributed by atoms with Crippen molar-refractivity contribution >= 4 is 11.9 Å². The van der Waals surface area contributed by atoms with Crippen LogP contribution in [0.15, 0.2) is 60.8 Å². The molecule has 3 N–H and O–H groups in total. The zero-order chi connectivity index (χ0) is 21.6. The highest BCUT2D eigenvalue weighted by Crippen LogP contribution is 2.44. The molecule has 6 heteroatoms. The van der Waals surface area contributed by atoms with Gasteiger partial charge in [-0.25, -0.2) is 9.78 Å². The third-order valence-electron chi connectivity index (χ3n) is 5.13. The van der Waals surface area contributed by atoms with Gasteiger partial charge in [-0.3, -0.25) is 0 Å². The highest BCUT2D eigenvalue weighted by molar-refractivity contribution is 5.79. The number of ether oxygens (including phenoxy) is 1. The lowest BCUT2D eigenvalue weighted by Crippen LogP contribution is -2.26. The number of benzene rings is 2. The minimum Gasteiger partial charge on any atom is -0.449 e. The molecule has 0 aliphatic heterocycles. The maximum absolute atomic E-state index is 12.1. The summed E-state index contributed by atoms with van der Waals surface area (Å²) in [6.45, 7) is 0.636. The number of aromatic nitrogens is 1. The van der Waals surface area contributed by atoms with Gasteiger partial charge in [-0.15, -0.1) is 0 Å². The molecule has 0 atom stereocenters. The molecule has 1 amide bonds. The van der Waals surface area contributed by atoms with Gasteiger partial charge in [0, 0.05) is 30.6 Å². The van der Waals surface area contributed by atoms with Gasteiger partial charge in [0.15, 0.2) is 0 Å². The third kappa shape index (κ3) is 4.34. The van der Waals surface area contributed by atoms with Gasteiger partial charge in [-0.2, -0.15) is 5.26 Å². The summed E-state index contributed by atoms with van der Waals surface area (Å²) in [5.41, 5.74) is 11.2. The lowest BCUT2D eigenvalue weighted by molar-refractivity contribution is 0.143. The Balaban J connectivity index is 1.29. The summed E-state index contributed by atoms with van der Waals surface area (Å²) in [4.78, 5) is 16.1. The second kappa shape index (κ2) is 9.02. The van der Waals surface area contributed by atoms with E-state index < -0.39 is 6.09 Å². The van der Waals surface area contributed by atoms with Gasteiger partial charge in [0.2, 0.25) is 0 Å². The number of hydrogen-bond acceptors (Lipinski definition) is 5. The summed E-state index contributed by atoms with van der Waals surface area (Å²) in [6.07, 6.45) is 1.49. The van der Waals surface area contributed by atoms with E-state index in [0.29, 0.717) is 24.1 Å². The van der Waals surface area contributed by atoms with E-state index in [2.05, 4.69) is 46.4 Å². The summed E-state index contributed by atoms with van der Waals surface area (Å²) >= 11 is 0. The van der Waals surface area contributed by atoms with Crippen molar-refractivity contribution in [2.75, 3.05) is 18.9 Å². The highest BCUT2D eigenvalue weighted by Gasteiger charge is 2.28. The number of nitrogens with zero attached hydrogens (tertiary/aromatic N) is 2. The van der Waals surface area contributed by atoms with Crippen LogP contribution in [0.4, 0.5) is 10.6 Å². The molecule has 1 heterocycles. The molecule has 0 saturated heterocycles. The van der Waals surface area contributed by atoms with Crippen LogP contribution in [0.25, 0.3) is 11.1 Å². The number of carbonyl (C=O) groups excluding carboxylic acids is 1. The van der Waals surface area contributed by atoms with E-state index in [1.807, 2.05) is 30.3 Å². The van der Waals surface area contributed by atoms with Crippen molar-refractivity contribution in [2.45, 2.75) is 12.3 Å². The minimum atomic E-state index is -0.468. The van der Waals surface area contributed by atoms with Gasteiger partial charge in [0.25, 0.3) is 0 Å². The molecule has 0 spiro atoms. The predicted molar refractivity (Wildman–Crippen MR) is 118 cm³/mol. The number of fused-ring (bicyclic) bond motifs is 3. The van der Waals surface area contributed by atoms with Gasteiger partial charge < -0.3 is 15.8 Å². The minimum absolute atomic E-state index is 0.0327. The van der Waals surface area contributed by atoms with E-state index in [4.69, 9.17) is 15.7 Å². The molecule has 6 nitrogen and oxygen atoms in total. The lowest BCUT2D eigenvalue weighted by Gasteiger charge is -2.14. The number of alkyl carbamates (subject to hydrolysis) is 1. The molecule has 1 aliphatic rings. The van der Waals surface area contributed by atoms with E-state index in [0.717, 1.165) is 0 Å². The zero-order valence-corrected chi connectivity index (χ0v) is 16.8. The van der Waals surface area contributed by atoms with Crippen LogP contribution in [0.2, 0.25) is 0 Å². The fourth-order valence-electron chi connectivity index (χ4n) is 3.67. The number of anilines is 1. The molecule has 4 rings (SSSR count). The van der Waals surface area contributed by atoms with Crippen LogP contribution < -0.4 is 11.1 Å². The van der Waals surface area contributed by atoms with E-state index in [-0.39, 0.29) is 18.3 Å². The summed E-state index contributed by atoms with van der Waals surface area (Å²) in [6, 6.07) is 20.0. The normalized spacial score (nSPS) is 11.5. The fraction of sp³-hybridized carbons (Fsp3) is 0.160. The summed E-state index contributed by atoms with van der Waals surface area (Å²) < 4.78 is 5.49. The summed E-state index contributed by atoms with van der Waals surface area (Å²) in [5, 5.41) is 11.7. The Labute approximate surface area is 180 Å². The lowest BCUT2D eigenvalue weighted by atomic mass is 9.98. The molecule has 3 aromatic rings. The Hall–Kier alpha value is -4.29. The average molecular weight is 408 g/mol. The first-order valence-electron chi connectivity index (χ1n) is 9.90. The Kier molecular flexibility index (Phi) is 5.82. The van der Waals surface area contributed by atoms with Gasteiger partial charge >= 0.3 is 6.09 Å². The van der Waals surface area contributed by atoms with Gasteiger partial charge in [0.1, 0.15) is 18.5 Å². The van der Waals surface area contributed by atoms with E-state index >= 15 is 0 Å². The molecule has 1 aromatic heterocycles. The molecule has 0 saturated carbocycles. The van der Waals surface area contributed by atoms with E-state index in [9.17, 15) is 4.79 Å². The van der Waals surface area contributed by atoms with Crippen LogP contribution in [0, 0.1) is 23.2 Å². The first-order chi connectivity index (χ1) is 15.2. The van der Waals surface area contributed by atoms with Crippen LogP contribution in [-0.4, -0.2) is 24.2 Å². The molecule has 31 heavy (non-hydrogen) atoms. The number of nitrogens with two attached hydrogens (primary N) is 1. The molecule has 152 valence electrons. The Morgan fingerprint density at radius 2 is 1.81 bits per heavy atom. The number of amides is 1. The largest absolute Gasteiger partial charge is 0.449 e. The molecule has 0 radical (unpaired) electrons. The smallest absolute Gasteiger partial charge is 0.407 e. The number of nitrogen functional groups attached to an aromatic ring is 1. The zero-order valence-electron chi connectivity index (χ0n) is 16.8. The Bertz CT molecular complexity index is 1190. The van der Waals surface area contributed by atoms with Crippen molar-refractivity contribution in [1.29, 1.82) is 5.26 Å². The molecule has 0 fully saturated rings. The quantitative estimate of drug-likeness (QED) is 0.505. The average Bonchev–Trinajstić information content (AvgIpc) is 3.12. The monoisotopic (exact) mass is 408 g/mol. The van der Waals surface area contributed by atoms with Crippen molar-refractivity contribution in [2.24, 2.45) is 0 Å². The second-order valence-corrected chi connectivity index (χ2v) is 7.07. The summed E-state index contributed by atoms with van der Waals surface area (Å²) in [7, 11) is 0. The molecule has 2 aromatic carbocycles. The molecular weight excluding hydrogens is 388 g/mol. The predicted octanol–water partition coefficient (Wildman–Crippen LogP) is 3.82. The Morgan fingerprint density at radius 3 is 2.48 bits per heavy atom. The van der Waals surface area contributed by atoms with Gasteiger partial charge in [0.05, 0.1) is 5.56 Å². The molecular formula is C25H20N4O2. The van der Waals surface area contributed by atoms with Gasteiger partial charge in [-0.1, -0.05) is 60.4 Å². The number of carbonyl (C=O) groups is 1. The number of nitriles is 1. The van der Waals surface area contributed by atoms with Crippen molar-refractivity contribution in [3.63, 3.8) is 0 Å². The number of hydrogen-bond donors (Lipinski definition) is 2. The number of pyridine rings is 1. The van der Waals surface area contributed by atoms with E-state index in [1.165, 1.54) is 28.5 Å². The van der Waals surface area contributed by atoms with Gasteiger partial charge in [-0.05, 0) is 28.3 Å². The van der Waals surface area contributed by atoms with Crippen molar-refractivity contribution < 1.29 is 9.53 Å². The topological polar surface area (TPSA) is 101 Å². The molecule has 0 unspecified atom stereocenters. The van der Waals surface area contributed by atoms with E-state index in [1.54, 1.807) is 6.07 Å². The van der Waals surface area contributed by atoms with Crippen LogP contribution in [0.1, 0.15) is 34.6 Å². The van der Waals surface area contributed by atoms with Crippen LogP contribution in [-0.2, 0) is 4.74 Å². The highest BCUT2D eigenvalue weighted by atomic mass is 16.5. The SMILES string of the molecule is N#Cc1cc(C#CCCNC(=O)OCC2c3ccccc3-c3ccccc32)cnc1N. The number of nitrogens with one attached hydrogen (secondary N) is 1. The third-order valence-corrected chi connectivity index (χ3v) is 5.13. The van der Waals surface area contributed by atoms with Crippen LogP contribution in [0.3, 0.4) is 0 Å². The molecule has 1 aliphatic carbocycles. The maximum Gasteiger partial charge on any atom is 0.407 e. The van der Waals surface area contributed by atoms with Crippen molar-refractivity contribution in [3.05, 3.63) is 83.0 Å². The number of rotatable bonds is 4. The van der Waals surface area contributed by atoms with Crippen LogP contribution >= 0.6 is 0 Å².